The summed E-state index contributed by atoms with van der Waals surface area (Å²) in [6.07, 6.45) is 6.40. The number of carbonyl (C=O) groups excluding carboxylic acids is 1. The maximum Gasteiger partial charge on any atom is 0.159 e. The molecule has 0 aromatic heterocycles. The molecular weight excluding hydrogens is 164 g/mol. The second-order valence-electron chi connectivity index (χ2n) is 2.27. The van der Waals surface area contributed by atoms with Crippen molar-refractivity contribution in [3.05, 3.63) is 23.8 Å². The van der Waals surface area contributed by atoms with E-state index in [9.17, 15) is 4.79 Å². The Morgan fingerprint density at radius 2 is 2.27 bits per heavy atom. The van der Waals surface area contributed by atoms with Crippen LogP contribution in [0.3, 0.4) is 0 Å². The third-order valence-corrected chi connectivity index (χ3v) is 1.40. The first kappa shape index (κ1) is 10.4. The van der Waals surface area contributed by atoms with E-state index >= 15 is 0 Å². The molecule has 62 valence electrons. The van der Waals surface area contributed by atoms with Crippen molar-refractivity contribution >= 4 is 18.2 Å². The topological polar surface area (TPSA) is 37.3 Å². The molecule has 0 saturated heterocycles. The fraction of sp³-hybridized carbons (Fsp3) is 0.375. The van der Waals surface area contributed by atoms with Crippen LogP contribution in [0.2, 0.25) is 0 Å². The number of aliphatic hydroxyl groups excluding tert-OH is 1. The Bertz CT molecular complexity index is 194. The molecule has 0 unspecified atom stereocenters. The van der Waals surface area contributed by atoms with Gasteiger partial charge in [-0.15, -0.1) is 12.4 Å². The Morgan fingerprint density at radius 1 is 1.55 bits per heavy atom. The number of rotatable bonds is 2. The Morgan fingerprint density at radius 3 is 2.82 bits per heavy atom. The van der Waals surface area contributed by atoms with E-state index in [1.807, 2.05) is 12.2 Å². The van der Waals surface area contributed by atoms with Crippen LogP contribution in [0.15, 0.2) is 23.8 Å². The highest BCUT2D eigenvalue weighted by molar-refractivity contribution is 5.93. The summed E-state index contributed by atoms with van der Waals surface area (Å²) in [5.41, 5.74) is 0.929. The predicted molar refractivity (Wildman–Crippen MR) is 45.8 cm³/mol. The Balaban J connectivity index is 0.000001000. The first-order valence-electron chi connectivity index (χ1n) is 3.34. The van der Waals surface area contributed by atoms with Gasteiger partial charge in [-0.25, -0.2) is 0 Å². The van der Waals surface area contributed by atoms with Gasteiger partial charge in [0.05, 0.1) is 0 Å². The van der Waals surface area contributed by atoms with Crippen molar-refractivity contribution in [2.45, 2.75) is 12.8 Å². The zero-order valence-corrected chi connectivity index (χ0v) is 6.93. The van der Waals surface area contributed by atoms with Gasteiger partial charge in [0.15, 0.2) is 5.78 Å². The number of carbonyl (C=O) groups is 1. The van der Waals surface area contributed by atoms with Crippen LogP contribution in [0.1, 0.15) is 12.8 Å². The average Bonchev–Trinajstić information content (AvgIpc) is 1.88. The van der Waals surface area contributed by atoms with Crippen molar-refractivity contribution in [1.29, 1.82) is 0 Å². The third-order valence-electron chi connectivity index (χ3n) is 1.40. The highest BCUT2D eigenvalue weighted by Crippen LogP contribution is 2.09. The molecular formula is C8H11ClO2. The van der Waals surface area contributed by atoms with Gasteiger partial charge in [-0.3, -0.25) is 4.79 Å². The molecule has 0 fully saturated rings. The zero-order chi connectivity index (χ0) is 7.40. The molecule has 1 rings (SSSR count). The van der Waals surface area contributed by atoms with E-state index in [1.54, 1.807) is 6.08 Å². The molecule has 0 aromatic carbocycles. The van der Waals surface area contributed by atoms with Crippen molar-refractivity contribution in [3.8, 4) is 0 Å². The lowest BCUT2D eigenvalue weighted by Crippen LogP contribution is -1.98. The Labute approximate surface area is 72.0 Å². The Hall–Kier alpha value is -0.600. The number of aliphatic hydroxyl groups is 1. The molecule has 1 N–H and O–H groups in total. The minimum Gasteiger partial charge on any atom is -0.396 e. The summed E-state index contributed by atoms with van der Waals surface area (Å²) in [4.78, 5) is 10.7. The van der Waals surface area contributed by atoms with Crippen LogP contribution in [0, 0.1) is 0 Å². The standard InChI is InChI=1S/C8H10O2.ClH/c9-5-4-7-2-1-3-8(10)6-7;/h1-2,6,9H,3-5H2;1H. The molecule has 0 radical (unpaired) electrons. The minimum absolute atomic E-state index is 0. The molecule has 0 heterocycles. The minimum atomic E-state index is 0. The molecule has 0 spiro atoms. The van der Waals surface area contributed by atoms with Crippen molar-refractivity contribution in [3.63, 3.8) is 0 Å². The van der Waals surface area contributed by atoms with Gasteiger partial charge in [-0.1, -0.05) is 12.2 Å². The quantitative estimate of drug-likeness (QED) is 0.684. The average molecular weight is 175 g/mol. The fourth-order valence-electron chi connectivity index (χ4n) is 0.925. The van der Waals surface area contributed by atoms with Crippen molar-refractivity contribution in [2.75, 3.05) is 6.61 Å². The van der Waals surface area contributed by atoms with Gasteiger partial charge >= 0.3 is 0 Å². The maximum absolute atomic E-state index is 10.7. The number of hydrogen-bond acceptors (Lipinski definition) is 2. The normalized spacial score (nSPS) is 15.7. The molecule has 0 bridgehead atoms. The highest BCUT2D eigenvalue weighted by Gasteiger charge is 2.02. The van der Waals surface area contributed by atoms with Gasteiger partial charge in [-0.2, -0.15) is 0 Å². The molecule has 0 aliphatic heterocycles. The first-order valence-corrected chi connectivity index (χ1v) is 3.34. The SMILES string of the molecule is Cl.O=C1C=C(CCO)C=CC1. The van der Waals surface area contributed by atoms with Crippen LogP contribution in [-0.2, 0) is 4.79 Å². The van der Waals surface area contributed by atoms with Crippen LogP contribution < -0.4 is 0 Å². The first-order chi connectivity index (χ1) is 4.83. The van der Waals surface area contributed by atoms with Gasteiger partial charge in [-0.05, 0) is 18.1 Å². The largest absolute Gasteiger partial charge is 0.396 e. The van der Waals surface area contributed by atoms with E-state index in [0.29, 0.717) is 12.8 Å². The van der Waals surface area contributed by atoms with Crippen molar-refractivity contribution < 1.29 is 9.90 Å². The molecule has 3 heteroatoms. The summed E-state index contributed by atoms with van der Waals surface area (Å²) < 4.78 is 0. The number of hydrogen-bond donors (Lipinski definition) is 1. The summed E-state index contributed by atoms with van der Waals surface area (Å²) in [6, 6.07) is 0. The van der Waals surface area contributed by atoms with Crippen LogP contribution in [0.5, 0.6) is 0 Å². The lowest BCUT2D eigenvalue weighted by Gasteiger charge is -2.02. The lowest BCUT2D eigenvalue weighted by molar-refractivity contribution is -0.113. The molecule has 0 saturated carbocycles. The second-order valence-corrected chi connectivity index (χ2v) is 2.27. The number of ketones is 1. The van der Waals surface area contributed by atoms with Gasteiger partial charge in [0.1, 0.15) is 0 Å². The summed E-state index contributed by atoms with van der Waals surface area (Å²) in [5.74, 6) is 0.131. The van der Waals surface area contributed by atoms with Crippen molar-refractivity contribution in [2.24, 2.45) is 0 Å². The van der Waals surface area contributed by atoms with E-state index in [4.69, 9.17) is 5.11 Å². The molecule has 0 atom stereocenters. The summed E-state index contributed by atoms with van der Waals surface area (Å²) >= 11 is 0. The molecule has 11 heavy (non-hydrogen) atoms. The van der Waals surface area contributed by atoms with E-state index in [-0.39, 0.29) is 24.8 Å². The van der Waals surface area contributed by atoms with E-state index in [2.05, 4.69) is 0 Å². The summed E-state index contributed by atoms with van der Waals surface area (Å²) in [7, 11) is 0. The van der Waals surface area contributed by atoms with Crippen molar-refractivity contribution in [1.82, 2.24) is 0 Å². The monoisotopic (exact) mass is 174 g/mol. The maximum atomic E-state index is 10.7. The number of allylic oxidation sites excluding steroid dienone is 3. The van der Waals surface area contributed by atoms with Gasteiger partial charge < -0.3 is 5.11 Å². The smallest absolute Gasteiger partial charge is 0.159 e. The number of halogens is 1. The van der Waals surface area contributed by atoms with Crippen LogP contribution in [0.4, 0.5) is 0 Å². The van der Waals surface area contributed by atoms with E-state index in [1.165, 1.54) is 0 Å². The molecule has 0 aromatic rings. The van der Waals surface area contributed by atoms with Gasteiger partial charge in [0.25, 0.3) is 0 Å². The molecule has 1 aliphatic rings. The molecule has 1 aliphatic carbocycles. The lowest BCUT2D eigenvalue weighted by atomic mass is 10.0. The summed E-state index contributed by atoms with van der Waals surface area (Å²) in [5, 5.41) is 8.52. The fourth-order valence-corrected chi connectivity index (χ4v) is 0.925. The zero-order valence-electron chi connectivity index (χ0n) is 6.12. The third kappa shape index (κ3) is 3.35. The van der Waals surface area contributed by atoms with Crippen LogP contribution >= 0.6 is 12.4 Å². The molecule has 0 amide bonds. The van der Waals surface area contributed by atoms with E-state index in [0.717, 1.165) is 5.57 Å². The highest BCUT2D eigenvalue weighted by atomic mass is 35.5. The predicted octanol–water partition coefficient (Wildman–Crippen LogP) is 1.25. The molecule has 2 nitrogen and oxygen atoms in total. The van der Waals surface area contributed by atoms with Gasteiger partial charge in [0, 0.05) is 13.0 Å². The van der Waals surface area contributed by atoms with Crippen LogP contribution in [0.25, 0.3) is 0 Å². The van der Waals surface area contributed by atoms with Crippen LogP contribution in [-0.4, -0.2) is 17.5 Å². The van der Waals surface area contributed by atoms with Gasteiger partial charge in [0.2, 0.25) is 0 Å². The summed E-state index contributed by atoms with van der Waals surface area (Å²) in [6.45, 7) is 0.115. The van der Waals surface area contributed by atoms with E-state index < -0.39 is 0 Å². The Kier molecular flexibility index (Phi) is 4.83. The second kappa shape index (κ2) is 5.10.